The Labute approximate surface area is 463 Å². The predicted octanol–water partition coefficient (Wildman–Crippen LogP) is 19.5. The van der Waals surface area contributed by atoms with E-state index in [1.54, 1.807) is 12.3 Å². The molecular weight excluding hydrogens is 944 g/mol. The smallest absolute Gasteiger partial charge is 0.129 e. The lowest BCUT2D eigenvalue weighted by atomic mass is 9.99. The van der Waals surface area contributed by atoms with Crippen molar-refractivity contribution in [2.24, 2.45) is 37.9 Å². The van der Waals surface area contributed by atoms with Crippen LogP contribution >= 0.6 is 11.6 Å². The summed E-state index contributed by atoms with van der Waals surface area (Å²) >= 11 is 5.75. The van der Waals surface area contributed by atoms with Gasteiger partial charge in [-0.1, -0.05) is 201 Å². The quantitative estimate of drug-likeness (QED) is 0.0818. The summed E-state index contributed by atoms with van der Waals surface area (Å²) in [6, 6.07) is 21.1. The summed E-state index contributed by atoms with van der Waals surface area (Å²) in [6.07, 6.45) is 8.68. The molecule has 0 aliphatic heterocycles. The Morgan fingerprint density at radius 2 is 0.851 bits per heavy atom. The third-order valence-corrected chi connectivity index (χ3v) is 8.20. The zero-order valence-electron chi connectivity index (χ0n) is 52.2. The Morgan fingerprint density at radius 3 is 1.22 bits per heavy atom. The number of rotatable bonds is 20. The minimum absolute atomic E-state index is 0.194. The molecule has 0 saturated heterocycles. The van der Waals surface area contributed by atoms with Crippen molar-refractivity contribution in [3.05, 3.63) is 109 Å². The number of para-hydroxylation sites is 1. The fourth-order valence-corrected chi connectivity index (χ4v) is 4.65. The van der Waals surface area contributed by atoms with Gasteiger partial charge in [-0.2, -0.15) is 0 Å². The van der Waals surface area contributed by atoms with Crippen molar-refractivity contribution in [1.29, 1.82) is 0 Å². The molecule has 8 nitrogen and oxygen atoms in total. The van der Waals surface area contributed by atoms with E-state index in [2.05, 4.69) is 165 Å². The highest BCUT2D eigenvalue weighted by Crippen LogP contribution is 2.21. The van der Waals surface area contributed by atoms with Crippen molar-refractivity contribution in [2.75, 3.05) is 72.7 Å². The van der Waals surface area contributed by atoms with E-state index in [1.807, 2.05) is 79.7 Å². The molecule has 0 bridgehead atoms. The first kappa shape index (κ1) is 77.4. The molecule has 3 rings (SSSR count). The van der Waals surface area contributed by atoms with Crippen LogP contribution in [0, 0.1) is 37.9 Å². The molecule has 0 atom stereocenters. The second-order valence-corrected chi connectivity index (χ2v) is 27.3. The van der Waals surface area contributed by atoms with E-state index < -0.39 is 0 Å². The highest BCUT2D eigenvalue weighted by Gasteiger charge is 2.14. The van der Waals surface area contributed by atoms with E-state index in [0.29, 0.717) is 36.1 Å². The second kappa shape index (κ2) is 42.9. The van der Waals surface area contributed by atoms with E-state index in [0.717, 1.165) is 88.2 Å². The van der Waals surface area contributed by atoms with Gasteiger partial charge in [-0.05, 0) is 106 Å². The van der Waals surface area contributed by atoms with Crippen LogP contribution < -0.4 is 9.47 Å². The van der Waals surface area contributed by atoms with Gasteiger partial charge in [-0.3, -0.25) is 0 Å². The minimum Gasteiger partial charge on any atom is -0.493 e. The number of benzene rings is 2. The zero-order chi connectivity index (χ0) is 58.0. The van der Waals surface area contributed by atoms with Crippen LogP contribution in [-0.4, -0.2) is 72.7 Å². The van der Waals surface area contributed by atoms with Crippen molar-refractivity contribution in [1.82, 2.24) is 0 Å². The molecule has 0 fully saturated rings. The number of hydrogen-bond acceptors (Lipinski definition) is 8. The minimum atomic E-state index is 0.194. The largest absolute Gasteiger partial charge is 0.493 e. The van der Waals surface area contributed by atoms with Crippen LogP contribution in [0.5, 0.6) is 11.5 Å². The van der Waals surface area contributed by atoms with Crippen LogP contribution in [-0.2, 0) is 30.3 Å². The maximum absolute atomic E-state index is 5.75. The summed E-state index contributed by atoms with van der Waals surface area (Å²) in [5.74, 6) is 2.71. The summed E-state index contributed by atoms with van der Waals surface area (Å²) in [7, 11) is 0. The third-order valence-electron chi connectivity index (χ3n) is 7.95. The lowest BCUT2D eigenvalue weighted by Gasteiger charge is -2.18. The molecule has 0 N–H and O–H groups in total. The Hall–Kier alpha value is -3.11. The number of ether oxygens (including phenoxy) is 7. The standard InChI is InChI=1S/C11H15ClO.C11H16O.C10H16O2.C9H20O.C9H18O.C8H16O.C7H16O/c1-11(2,3)8-13-10-6-4-9(12)5-7-10;1-11(2,3)9-12-10-7-5-4-6-8-10;1-10(2,3)8-11-7-9-5-4-6-12-9;2*1-5-6-7-10-8-9(2,3)4;1-5-6-9-7-8(2,3)4;1-5-8-6-7(2,3)4/h4-7H,8H2,1-3H3;4-8H,9H2,1-3H3;4-6H,7-8H2,1-3H3;5-8H2,1-4H3;5H,1,6-8H2,2-4H3;5H,1,6-7H2,2-4H3;5-6H2,1-4H3. The number of furan rings is 1. The third kappa shape index (κ3) is 73.1. The predicted molar refractivity (Wildman–Crippen MR) is 322 cm³/mol. The van der Waals surface area contributed by atoms with Crippen LogP contribution in [0.1, 0.15) is 184 Å². The molecule has 0 radical (unpaired) electrons. The topological polar surface area (TPSA) is 77.8 Å². The van der Waals surface area contributed by atoms with Gasteiger partial charge in [0.1, 0.15) is 23.9 Å². The molecule has 1 aromatic heterocycles. The molecule has 0 spiro atoms. The molecule has 0 saturated carbocycles. The fourth-order valence-electron chi connectivity index (χ4n) is 4.53. The second-order valence-electron chi connectivity index (χ2n) is 26.8. The van der Waals surface area contributed by atoms with Crippen molar-refractivity contribution >= 4 is 11.6 Å². The highest BCUT2D eigenvalue weighted by molar-refractivity contribution is 6.30. The number of unbranched alkanes of at least 4 members (excludes halogenated alkanes) is 1. The number of hydrogen-bond donors (Lipinski definition) is 0. The van der Waals surface area contributed by atoms with Gasteiger partial charge in [0.2, 0.25) is 0 Å². The monoisotopic (exact) mass is 1060 g/mol. The van der Waals surface area contributed by atoms with Crippen molar-refractivity contribution < 1.29 is 37.6 Å². The molecule has 1 heterocycles. The van der Waals surface area contributed by atoms with Gasteiger partial charge in [0, 0.05) is 18.2 Å². The van der Waals surface area contributed by atoms with Crippen molar-refractivity contribution in [3.63, 3.8) is 0 Å². The Balaban J connectivity index is -0.000000389. The van der Waals surface area contributed by atoms with Crippen LogP contribution in [0.2, 0.25) is 5.02 Å². The lowest BCUT2D eigenvalue weighted by Crippen LogP contribution is -2.16. The normalized spacial score (nSPS) is 11.6. The molecule has 432 valence electrons. The van der Waals surface area contributed by atoms with Gasteiger partial charge in [0.25, 0.3) is 0 Å². The summed E-state index contributed by atoms with van der Waals surface area (Å²) in [4.78, 5) is 0. The first-order valence-electron chi connectivity index (χ1n) is 27.1. The fraction of sp³-hybridized carbons (Fsp3) is 0.692. The first-order valence-corrected chi connectivity index (χ1v) is 27.4. The van der Waals surface area contributed by atoms with E-state index in [1.165, 1.54) is 12.8 Å². The van der Waals surface area contributed by atoms with Gasteiger partial charge in [0.15, 0.2) is 0 Å². The van der Waals surface area contributed by atoms with E-state index in [9.17, 15) is 0 Å². The Kier molecular flexibility index (Phi) is 44.9. The van der Waals surface area contributed by atoms with Crippen molar-refractivity contribution in [3.8, 4) is 11.5 Å². The van der Waals surface area contributed by atoms with E-state index in [4.69, 9.17) is 49.2 Å². The Morgan fingerprint density at radius 1 is 0.446 bits per heavy atom. The van der Waals surface area contributed by atoms with Gasteiger partial charge in [0.05, 0.1) is 65.7 Å². The lowest BCUT2D eigenvalue weighted by molar-refractivity contribution is 0.0504. The van der Waals surface area contributed by atoms with Crippen LogP contribution in [0.3, 0.4) is 0 Å². The van der Waals surface area contributed by atoms with Gasteiger partial charge < -0.3 is 37.6 Å². The molecule has 9 heteroatoms. The van der Waals surface area contributed by atoms with Crippen LogP contribution in [0.4, 0.5) is 0 Å². The van der Waals surface area contributed by atoms with Gasteiger partial charge >= 0.3 is 0 Å². The molecule has 2 aromatic carbocycles. The number of halogens is 1. The first-order chi connectivity index (χ1) is 33.9. The average molecular weight is 1060 g/mol. The zero-order valence-corrected chi connectivity index (χ0v) is 53.0. The molecule has 0 aliphatic carbocycles. The van der Waals surface area contributed by atoms with E-state index >= 15 is 0 Å². The summed E-state index contributed by atoms with van der Waals surface area (Å²) in [6.45, 7) is 66.2. The van der Waals surface area contributed by atoms with Crippen molar-refractivity contribution in [2.45, 2.75) is 185 Å². The molecule has 0 unspecified atom stereocenters. The Bertz CT molecular complexity index is 1650. The molecule has 0 aliphatic rings. The summed E-state index contributed by atoms with van der Waals surface area (Å²) in [5, 5.41) is 0.739. The summed E-state index contributed by atoms with van der Waals surface area (Å²) < 4.78 is 42.9. The molecule has 0 amide bonds. The molecule has 3 aromatic rings. The highest BCUT2D eigenvalue weighted by atomic mass is 35.5. The maximum atomic E-state index is 5.75. The van der Waals surface area contributed by atoms with Crippen LogP contribution in [0.15, 0.2) is 103 Å². The molecular formula is C65H117ClO8. The van der Waals surface area contributed by atoms with Gasteiger partial charge in [-0.15, -0.1) is 13.2 Å². The van der Waals surface area contributed by atoms with Crippen LogP contribution in [0.25, 0.3) is 0 Å². The SMILES string of the molecule is C=CCCOCC(C)(C)C.C=CCOCC(C)(C)C.CC(C)(C)COCc1ccco1.CC(C)(C)COc1ccc(Cl)cc1.CC(C)(C)COc1ccccc1.CCCCOCC(C)(C)C.CCOCC(C)(C)C. The van der Waals surface area contributed by atoms with Gasteiger partial charge in [-0.25, -0.2) is 0 Å². The average Bonchev–Trinajstić information content (AvgIpc) is 3.78. The summed E-state index contributed by atoms with van der Waals surface area (Å²) in [5.41, 5.74) is 1.88. The molecule has 74 heavy (non-hydrogen) atoms. The maximum Gasteiger partial charge on any atom is 0.129 e. The van der Waals surface area contributed by atoms with E-state index in [-0.39, 0.29) is 21.7 Å².